The van der Waals surface area contributed by atoms with E-state index in [9.17, 15) is 14.4 Å². The molecule has 0 saturated heterocycles. The van der Waals surface area contributed by atoms with Crippen molar-refractivity contribution in [3.8, 4) is 0 Å². The number of rotatable bonds is 8. The fourth-order valence-corrected chi connectivity index (χ4v) is 2.50. The van der Waals surface area contributed by atoms with Crippen LogP contribution >= 0.6 is 15.9 Å². The van der Waals surface area contributed by atoms with Gasteiger partial charge in [-0.1, -0.05) is 40.2 Å². The van der Waals surface area contributed by atoms with Crippen LogP contribution in [0.5, 0.6) is 0 Å². The third-order valence-corrected chi connectivity index (χ3v) is 4.03. The number of hydrogen-bond donors (Lipinski definition) is 0. The molecule has 1 atom stereocenters. The molecule has 6 heteroatoms. The van der Waals surface area contributed by atoms with Crippen molar-refractivity contribution >= 4 is 33.7 Å². The van der Waals surface area contributed by atoms with Crippen LogP contribution in [0.1, 0.15) is 43.6 Å². The first-order chi connectivity index (χ1) is 11.3. The Balaban J connectivity index is 3.04. The summed E-state index contributed by atoms with van der Waals surface area (Å²) in [4.78, 5) is 36.2. The van der Waals surface area contributed by atoms with Crippen molar-refractivity contribution in [1.29, 1.82) is 0 Å². The second kappa shape index (κ2) is 8.97. The highest BCUT2D eigenvalue weighted by molar-refractivity contribution is 9.10. The molecule has 1 aromatic carbocycles. The molecule has 0 fully saturated rings. The zero-order valence-electron chi connectivity index (χ0n) is 14.4. The number of ketones is 1. The molecule has 132 valence electrons. The molecule has 0 heterocycles. The number of alkyl halides is 1. The summed E-state index contributed by atoms with van der Waals surface area (Å²) < 4.78 is 10.1. The molecular formula is C18H23BrO5. The van der Waals surface area contributed by atoms with Crippen LogP contribution in [0.4, 0.5) is 0 Å². The number of halogens is 1. The zero-order chi connectivity index (χ0) is 18.3. The summed E-state index contributed by atoms with van der Waals surface area (Å²) in [6.07, 6.45) is 0.142. The Morgan fingerprint density at radius 1 is 1.04 bits per heavy atom. The Hall–Kier alpha value is -1.69. The highest BCUT2D eigenvalue weighted by Gasteiger charge is 2.44. The van der Waals surface area contributed by atoms with E-state index >= 15 is 0 Å². The molecule has 0 aromatic heterocycles. The predicted octanol–water partition coefficient (Wildman–Crippen LogP) is 3.33. The molecule has 5 nitrogen and oxygen atoms in total. The van der Waals surface area contributed by atoms with Gasteiger partial charge in [0.05, 0.1) is 18.0 Å². The molecule has 0 amide bonds. The molecule has 0 radical (unpaired) electrons. The maximum Gasteiger partial charge on any atom is 0.323 e. The number of ether oxygens (including phenoxy) is 2. The predicted molar refractivity (Wildman–Crippen MR) is 94.2 cm³/mol. The first-order valence-electron chi connectivity index (χ1n) is 7.87. The lowest BCUT2D eigenvalue weighted by Gasteiger charge is -2.25. The van der Waals surface area contributed by atoms with Gasteiger partial charge < -0.3 is 9.47 Å². The molecule has 1 unspecified atom stereocenters. The largest absolute Gasteiger partial charge is 0.465 e. The summed E-state index contributed by atoms with van der Waals surface area (Å²) in [5, 5.41) is 0. The lowest BCUT2D eigenvalue weighted by Crippen LogP contribution is -2.41. The van der Waals surface area contributed by atoms with E-state index in [0.29, 0.717) is 5.56 Å². The molecule has 1 aromatic rings. The highest BCUT2D eigenvalue weighted by Crippen LogP contribution is 2.27. The summed E-state index contributed by atoms with van der Waals surface area (Å²) in [5.74, 6) is -1.25. The molecule has 0 aliphatic carbocycles. The van der Waals surface area contributed by atoms with Gasteiger partial charge in [-0.15, -0.1) is 0 Å². The second-order valence-electron chi connectivity index (χ2n) is 5.63. The van der Waals surface area contributed by atoms with E-state index in [1.807, 2.05) is 0 Å². The van der Waals surface area contributed by atoms with Crippen molar-refractivity contribution in [3.63, 3.8) is 0 Å². The van der Waals surface area contributed by atoms with E-state index in [1.54, 1.807) is 45.0 Å². The molecule has 0 spiro atoms. The molecule has 0 aliphatic rings. The molecule has 0 saturated carbocycles. The topological polar surface area (TPSA) is 69.7 Å². The third kappa shape index (κ3) is 4.90. The molecule has 0 N–H and O–H groups in total. The summed E-state index contributed by atoms with van der Waals surface area (Å²) >= 11 is 3.24. The van der Waals surface area contributed by atoms with E-state index in [-0.39, 0.29) is 30.2 Å². The highest BCUT2D eigenvalue weighted by atomic mass is 79.9. The van der Waals surface area contributed by atoms with Gasteiger partial charge in [-0.2, -0.15) is 0 Å². The number of Topliss-reactive ketones (excluding diaryl/α,β-unsaturated/α-hetero) is 1. The normalized spacial score (nSPS) is 12.4. The minimum Gasteiger partial charge on any atom is -0.465 e. The van der Waals surface area contributed by atoms with Crippen molar-refractivity contribution < 1.29 is 23.9 Å². The van der Waals surface area contributed by atoms with Crippen LogP contribution in [0.3, 0.4) is 0 Å². The van der Waals surface area contributed by atoms with Crippen LogP contribution in [0.25, 0.3) is 0 Å². The van der Waals surface area contributed by atoms with Gasteiger partial charge in [0.15, 0.2) is 11.2 Å². The number of benzene rings is 1. The van der Waals surface area contributed by atoms with Gasteiger partial charge in [0.25, 0.3) is 0 Å². The van der Waals surface area contributed by atoms with Crippen LogP contribution < -0.4 is 0 Å². The van der Waals surface area contributed by atoms with E-state index in [1.165, 1.54) is 6.92 Å². The zero-order valence-corrected chi connectivity index (χ0v) is 16.0. The molecule has 0 aliphatic heterocycles. The number of carbonyl (C=O) groups excluding carboxylic acids is 3. The minimum absolute atomic E-state index is 0.0277. The van der Waals surface area contributed by atoms with E-state index in [4.69, 9.17) is 9.47 Å². The average molecular weight is 399 g/mol. The summed E-state index contributed by atoms with van der Waals surface area (Å²) in [6.45, 7) is 7.02. The Kier molecular flexibility index (Phi) is 7.60. The summed E-state index contributed by atoms with van der Waals surface area (Å²) in [7, 11) is 0. The van der Waals surface area contributed by atoms with Crippen molar-refractivity contribution in [2.45, 2.75) is 38.9 Å². The third-order valence-electron chi connectivity index (χ3n) is 3.61. The number of hydrogen-bond acceptors (Lipinski definition) is 5. The standard InChI is InChI=1S/C18H23BrO5/c1-5-23-16(21)18(4,17(22)24-6-2)11-13-7-9-14(10-8-13)15(20)12(3)19/h7-10,12H,5-6,11H2,1-4H3. The molecular weight excluding hydrogens is 376 g/mol. The monoisotopic (exact) mass is 398 g/mol. The van der Waals surface area contributed by atoms with Crippen LogP contribution in [0.15, 0.2) is 24.3 Å². The van der Waals surface area contributed by atoms with E-state index in [2.05, 4.69) is 15.9 Å². The van der Waals surface area contributed by atoms with E-state index < -0.39 is 17.4 Å². The number of carbonyl (C=O) groups is 3. The molecule has 0 bridgehead atoms. The summed E-state index contributed by atoms with van der Waals surface area (Å²) in [5.41, 5.74) is -0.102. The van der Waals surface area contributed by atoms with Crippen molar-refractivity contribution in [2.24, 2.45) is 5.41 Å². The number of esters is 2. The Morgan fingerprint density at radius 3 is 1.88 bits per heavy atom. The first-order valence-corrected chi connectivity index (χ1v) is 8.79. The fourth-order valence-electron chi connectivity index (χ4n) is 2.23. The van der Waals surface area contributed by atoms with Gasteiger partial charge >= 0.3 is 11.9 Å². The van der Waals surface area contributed by atoms with Crippen LogP contribution in [0.2, 0.25) is 0 Å². The van der Waals surface area contributed by atoms with Gasteiger partial charge in [-0.25, -0.2) is 0 Å². The van der Waals surface area contributed by atoms with Gasteiger partial charge in [0.1, 0.15) is 0 Å². The van der Waals surface area contributed by atoms with Gasteiger partial charge in [0, 0.05) is 5.56 Å². The summed E-state index contributed by atoms with van der Waals surface area (Å²) in [6, 6.07) is 6.84. The second-order valence-corrected chi connectivity index (χ2v) is 7.00. The smallest absolute Gasteiger partial charge is 0.323 e. The van der Waals surface area contributed by atoms with Crippen molar-refractivity contribution in [2.75, 3.05) is 13.2 Å². The maximum absolute atomic E-state index is 12.3. The van der Waals surface area contributed by atoms with Gasteiger partial charge in [0.2, 0.25) is 0 Å². The average Bonchev–Trinajstić information content (AvgIpc) is 2.55. The Bertz CT molecular complexity index is 574. The van der Waals surface area contributed by atoms with Crippen molar-refractivity contribution in [3.05, 3.63) is 35.4 Å². The molecule has 24 heavy (non-hydrogen) atoms. The minimum atomic E-state index is -1.42. The Labute approximate surface area is 150 Å². The maximum atomic E-state index is 12.3. The quantitative estimate of drug-likeness (QED) is 0.290. The van der Waals surface area contributed by atoms with Gasteiger partial charge in [-0.05, 0) is 39.7 Å². The van der Waals surface area contributed by atoms with E-state index in [0.717, 1.165) is 5.56 Å². The lowest BCUT2D eigenvalue weighted by atomic mass is 9.83. The van der Waals surface area contributed by atoms with Crippen LogP contribution in [0, 0.1) is 5.41 Å². The van der Waals surface area contributed by atoms with Crippen molar-refractivity contribution in [1.82, 2.24) is 0 Å². The SMILES string of the molecule is CCOC(=O)C(C)(Cc1ccc(C(=O)C(C)Br)cc1)C(=O)OCC. The van der Waals surface area contributed by atoms with Gasteiger partial charge in [-0.3, -0.25) is 14.4 Å². The fraction of sp³-hybridized carbons (Fsp3) is 0.500. The molecule has 1 rings (SSSR count). The Morgan fingerprint density at radius 2 is 1.50 bits per heavy atom. The van der Waals surface area contributed by atoms with Crippen LogP contribution in [-0.2, 0) is 25.5 Å². The lowest BCUT2D eigenvalue weighted by molar-refractivity contribution is -0.170. The van der Waals surface area contributed by atoms with Crippen LogP contribution in [-0.4, -0.2) is 35.8 Å². The first kappa shape index (κ1) is 20.4.